The first-order valence-electron chi connectivity index (χ1n) is 11.5. The Bertz CT molecular complexity index is 1290. The van der Waals surface area contributed by atoms with Gasteiger partial charge in [0.05, 0.1) is 11.7 Å². The number of fused-ring (bicyclic) bond motifs is 2. The van der Waals surface area contributed by atoms with Crippen LogP contribution in [-0.4, -0.2) is 55.1 Å². The first-order chi connectivity index (χ1) is 17.0. The molecule has 3 N–H and O–H groups in total. The number of amides is 2. The predicted molar refractivity (Wildman–Crippen MR) is 123 cm³/mol. The third kappa shape index (κ3) is 4.52. The zero-order valence-electron chi connectivity index (χ0n) is 19.7. The second kappa shape index (κ2) is 8.64. The van der Waals surface area contributed by atoms with Gasteiger partial charge in [-0.25, -0.2) is 19.7 Å². The van der Waals surface area contributed by atoms with E-state index in [9.17, 15) is 18.0 Å². The Morgan fingerprint density at radius 1 is 1.17 bits per heavy atom. The number of hydrogen-bond donors (Lipinski definition) is 2. The van der Waals surface area contributed by atoms with Crippen LogP contribution in [0.15, 0.2) is 30.7 Å². The third-order valence-electron chi connectivity index (χ3n) is 6.81. The van der Waals surface area contributed by atoms with Crippen LogP contribution in [-0.2, 0) is 12.0 Å². The highest BCUT2D eigenvalue weighted by Crippen LogP contribution is 2.44. The van der Waals surface area contributed by atoms with Gasteiger partial charge in [-0.1, -0.05) is 0 Å². The highest BCUT2D eigenvalue weighted by molar-refractivity contribution is 5.75. The smallest absolute Gasteiger partial charge is 0.402 e. The molecule has 190 valence electrons. The largest absolute Gasteiger partial charge is 0.573 e. The fourth-order valence-corrected chi connectivity index (χ4v) is 4.85. The van der Waals surface area contributed by atoms with Crippen molar-refractivity contribution < 1.29 is 22.7 Å². The van der Waals surface area contributed by atoms with Crippen LogP contribution in [0.3, 0.4) is 0 Å². The molecular formula is C23H25F3N8O2. The molecule has 0 aromatic carbocycles. The van der Waals surface area contributed by atoms with E-state index in [1.165, 1.54) is 12.3 Å². The molecule has 3 aromatic heterocycles. The standard InChI is InChI=1S/C23H25F3N8O2/c1-13(16-10-28-14(2)29-11-16)31-21(35)33-5-3-22(12-33)4-6-34-19(22)8-17(32-34)15-7-18(20(27)30-9-15)36-23(24,25)26/h7-11,13H,3-6,12H2,1-2H3,(H2,27,30)(H,31,35)/t13-,22?/m1/s1. The van der Waals surface area contributed by atoms with Crippen molar-refractivity contribution >= 4 is 11.8 Å². The Morgan fingerprint density at radius 3 is 2.61 bits per heavy atom. The van der Waals surface area contributed by atoms with Crippen molar-refractivity contribution in [1.82, 2.24) is 34.9 Å². The van der Waals surface area contributed by atoms with Crippen molar-refractivity contribution in [2.45, 2.75) is 51.1 Å². The lowest BCUT2D eigenvalue weighted by atomic mass is 9.82. The lowest BCUT2D eigenvalue weighted by Gasteiger charge is -2.25. The van der Waals surface area contributed by atoms with Crippen LogP contribution in [0.25, 0.3) is 11.3 Å². The average molecular weight is 503 g/mol. The maximum absolute atomic E-state index is 13.0. The molecule has 2 aliphatic heterocycles. The molecule has 2 aliphatic rings. The van der Waals surface area contributed by atoms with Crippen LogP contribution in [0.2, 0.25) is 0 Å². The van der Waals surface area contributed by atoms with E-state index in [-0.39, 0.29) is 23.3 Å². The molecule has 0 saturated carbocycles. The van der Waals surface area contributed by atoms with E-state index in [4.69, 9.17) is 5.73 Å². The molecule has 1 saturated heterocycles. The van der Waals surface area contributed by atoms with Crippen molar-refractivity contribution in [3.8, 4) is 17.0 Å². The lowest BCUT2D eigenvalue weighted by molar-refractivity contribution is -0.274. The van der Waals surface area contributed by atoms with Crippen molar-refractivity contribution in [2.75, 3.05) is 18.8 Å². The van der Waals surface area contributed by atoms with E-state index in [1.807, 2.05) is 17.7 Å². The molecule has 0 aliphatic carbocycles. The summed E-state index contributed by atoms with van der Waals surface area (Å²) in [6.45, 7) is 5.43. The maximum Gasteiger partial charge on any atom is 0.573 e. The van der Waals surface area contributed by atoms with Gasteiger partial charge in [0.1, 0.15) is 5.82 Å². The number of carbonyl (C=O) groups excluding carboxylic acids is 1. The minimum absolute atomic E-state index is 0.171. The summed E-state index contributed by atoms with van der Waals surface area (Å²) >= 11 is 0. The Labute approximate surface area is 204 Å². The number of halogens is 3. The van der Waals surface area contributed by atoms with Gasteiger partial charge in [-0.3, -0.25) is 4.68 Å². The van der Waals surface area contributed by atoms with Crippen molar-refractivity contribution in [1.29, 1.82) is 0 Å². The molecule has 1 fully saturated rings. The number of rotatable bonds is 4. The van der Waals surface area contributed by atoms with Gasteiger partial charge >= 0.3 is 12.4 Å². The summed E-state index contributed by atoms with van der Waals surface area (Å²) in [7, 11) is 0. The lowest BCUT2D eigenvalue weighted by Crippen LogP contribution is -2.41. The fraction of sp³-hybridized carbons (Fsp3) is 0.435. The summed E-state index contributed by atoms with van der Waals surface area (Å²) in [6, 6.07) is 2.62. The van der Waals surface area contributed by atoms with Crippen molar-refractivity contribution in [3.63, 3.8) is 0 Å². The van der Waals surface area contributed by atoms with Crippen LogP contribution in [0.5, 0.6) is 5.75 Å². The van der Waals surface area contributed by atoms with Crippen LogP contribution in [0.4, 0.5) is 23.8 Å². The molecule has 0 radical (unpaired) electrons. The van der Waals surface area contributed by atoms with Crippen LogP contribution >= 0.6 is 0 Å². The average Bonchev–Trinajstić information content (AvgIpc) is 3.52. The monoisotopic (exact) mass is 502 g/mol. The first kappa shape index (κ1) is 23.8. The molecule has 1 unspecified atom stereocenters. The molecule has 1 spiro atoms. The number of urea groups is 1. The van der Waals surface area contributed by atoms with Crippen LogP contribution in [0, 0.1) is 6.92 Å². The number of aryl methyl sites for hydroxylation is 2. The molecule has 2 amide bonds. The van der Waals surface area contributed by atoms with Crippen LogP contribution < -0.4 is 15.8 Å². The molecule has 36 heavy (non-hydrogen) atoms. The Kier molecular flexibility index (Phi) is 5.72. The second-order valence-corrected chi connectivity index (χ2v) is 9.23. The summed E-state index contributed by atoms with van der Waals surface area (Å²) in [6.07, 6.45) is 1.47. The van der Waals surface area contributed by atoms with E-state index < -0.39 is 12.1 Å². The number of hydrogen-bond acceptors (Lipinski definition) is 7. The molecule has 2 atom stereocenters. The Balaban J connectivity index is 1.31. The number of anilines is 1. The highest BCUT2D eigenvalue weighted by Gasteiger charge is 2.47. The normalized spacial score (nSPS) is 20.0. The second-order valence-electron chi connectivity index (χ2n) is 9.23. The SMILES string of the molecule is Cc1ncc([C@@H](C)NC(=O)N2CCC3(CCn4nc(-c5cnc(N)c(OC(F)(F)F)c5)cc43)C2)cn1. The highest BCUT2D eigenvalue weighted by atomic mass is 19.4. The summed E-state index contributed by atoms with van der Waals surface area (Å²) in [4.78, 5) is 27.0. The number of pyridine rings is 1. The number of likely N-dealkylation sites (tertiary alicyclic amines) is 1. The van der Waals surface area contributed by atoms with E-state index in [1.54, 1.807) is 24.2 Å². The Hall–Kier alpha value is -3.90. The van der Waals surface area contributed by atoms with Gasteiger partial charge in [0.15, 0.2) is 11.6 Å². The topological polar surface area (TPSA) is 124 Å². The van der Waals surface area contributed by atoms with Crippen LogP contribution in [0.1, 0.15) is 42.9 Å². The van der Waals surface area contributed by atoms with E-state index >= 15 is 0 Å². The number of nitrogens with two attached hydrogens (primary N) is 1. The number of aromatic nitrogens is 5. The van der Waals surface area contributed by atoms with Gasteiger partial charge in [-0.2, -0.15) is 5.10 Å². The Morgan fingerprint density at radius 2 is 1.89 bits per heavy atom. The van der Waals surface area contributed by atoms with Gasteiger partial charge < -0.3 is 20.7 Å². The van der Waals surface area contributed by atoms with Crippen molar-refractivity contribution in [2.24, 2.45) is 0 Å². The number of nitrogens with one attached hydrogen (secondary N) is 1. The molecule has 13 heteroatoms. The molecule has 5 heterocycles. The number of nitrogens with zero attached hydrogens (tertiary/aromatic N) is 6. The molecule has 0 bridgehead atoms. The van der Waals surface area contributed by atoms with Gasteiger partial charge in [-0.05, 0) is 38.8 Å². The number of ether oxygens (including phenoxy) is 1. The summed E-state index contributed by atoms with van der Waals surface area (Å²) in [5, 5.41) is 7.59. The first-order valence-corrected chi connectivity index (χ1v) is 11.5. The van der Waals surface area contributed by atoms with E-state index in [2.05, 4.69) is 30.1 Å². The van der Waals surface area contributed by atoms with Gasteiger partial charge in [0.2, 0.25) is 0 Å². The quantitative estimate of drug-likeness (QED) is 0.561. The molecule has 5 rings (SSSR count). The minimum Gasteiger partial charge on any atom is -0.402 e. The summed E-state index contributed by atoms with van der Waals surface area (Å²) in [5.74, 6) is -0.266. The van der Waals surface area contributed by atoms with Gasteiger partial charge in [0.25, 0.3) is 0 Å². The molecular weight excluding hydrogens is 477 g/mol. The van der Waals surface area contributed by atoms with E-state index in [0.717, 1.165) is 24.1 Å². The van der Waals surface area contributed by atoms with Gasteiger partial charge in [-0.15, -0.1) is 13.2 Å². The number of alkyl halides is 3. The minimum atomic E-state index is -4.88. The fourth-order valence-electron chi connectivity index (χ4n) is 4.85. The maximum atomic E-state index is 13.0. The molecule has 3 aromatic rings. The summed E-state index contributed by atoms with van der Waals surface area (Å²) in [5.41, 5.74) is 7.88. The van der Waals surface area contributed by atoms with Gasteiger partial charge in [0, 0.05) is 60.5 Å². The van der Waals surface area contributed by atoms with E-state index in [0.29, 0.717) is 36.7 Å². The number of nitrogen functional groups attached to an aromatic ring is 1. The zero-order valence-corrected chi connectivity index (χ0v) is 19.7. The third-order valence-corrected chi connectivity index (χ3v) is 6.81. The number of carbonyl (C=O) groups is 1. The zero-order chi connectivity index (χ0) is 25.7. The molecule has 10 nitrogen and oxygen atoms in total. The predicted octanol–water partition coefficient (Wildman–Crippen LogP) is 3.34. The van der Waals surface area contributed by atoms with Crippen molar-refractivity contribution in [3.05, 3.63) is 47.8 Å². The summed E-state index contributed by atoms with van der Waals surface area (Å²) < 4.78 is 44.0.